The second kappa shape index (κ2) is 8.58. The molecule has 0 aliphatic carbocycles. The lowest BCUT2D eigenvalue weighted by molar-refractivity contribution is -0.145. The van der Waals surface area contributed by atoms with E-state index in [0.717, 1.165) is 5.56 Å². The Kier molecular flexibility index (Phi) is 5.97. The summed E-state index contributed by atoms with van der Waals surface area (Å²) in [4.78, 5) is 11.7. The van der Waals surface area contributed by atoms with Gasteiger partial charge < -0.3 is 14.6 Å². The average Bonchev–Trinajstić information content (AvgIpc) is 3.18. The third-order valence-corrected chi connectivity index (χ3v) is 4.79. The summed E-state index contributed by atoms with van der Waals surface area (Å²) in [6.45, 7) is 0.363. The van der Waals surface area contributed by atoms with Crippen LogP contribution in [0.2, 0.25) is 5.02 Å². The molecule has 0 fully saturated rings. The van der Waals surface area contributed by atoms with Gasteiger partial charge in [-0.25, -0.2) is 4.79 Å². The lowest BCUT2D eigenvalue weighted by Crippen LogP contribution is -2.19. The Morgan fingerprint density at radius 3 is 2.74 bits per heavy atom. The predicted molar refractivity (Wildman–Crippen MR) is 102 cm³/mol. The first-order valence-electron chi connectivity index (χ1n) is 7.90. The fourth-order valence-electron chi connectivity index (χ4n) is 2.39. The molecule has 5 nitrogen and oxygen atoms in total. The number of halogens is 1. The van der Waals surface area contributed by atoms with Crippen molar-refractivity contribution in [3.63, 3.8) is 0 Å². The number of nitrogens with zero attached hydrogens (tertiary/aromatic N) is 1. The van der Waals surface area contributed by atoms with E-state index in [1.165, 1.54) is 12.1 Å². The molecule has 136 valence electrons. The van der Waals surface area contributed by atoms with Gasteiger partial charge in [-0.05, 0) is 40.6 Å². The number of thiophene rings is 1. The van der Waals surface area contributed by atoms with Gasteiger partial charge in [-0.2, -0.15) is 16.6 Å². The van der Waals surface area contributed by atoms with E-state index in [9.17, 15) is 15.2 Å². The van der Waals surface area contributed by atoms with Crippen LogP contribution in [-0.4, -0.2) is 11.1 Å². The first kappa shape index (κ1) is 18.8. The molecule has 0 unspecified atom stereocenters. The third-order valence-electron chi connectivity index (χ3n) is 3.72. The molecule has 0 radical (unpaired) electrons. The molecule has 27 heavy (non-hydrogen) atoms. The van der Waals surface area contributed by atoms with Crippen molar-refractivity contribution >= 4 is 28.9 Å². The van der Waals surface area contributed by atoms with Gasteiger partial charge in [-0.3, -0.25) is 0 Å². The van der Waals surface area contributed by atoms with Crippen LogP contribution in [0.25, 0.3) is 0 Å². The highest BCUT2D eigenvalue weighted by atomic mass is 35.5. The fraction of sp³-hybridized carbons (Fsp3) is 0.100. The van der Waals surface area contributed by atoms with E-state index in [1.54, 1.807) is 41.7 Å². The van der Waals surface area contributed by atoms with Crippen LogP contribution in [-0.2, 0) is 11.4 Å². The Morgan fingerprint density at radius 2 is 2.07 bits per heavy atom. The fourth-order valence-corrected chi connectivity index (χ4v) is 3.27. The van der Waals surface area contributed by atoms with Gasteiger partial charge in [0.1, 0.15) is 24.2 Å². The van der Waals surface area contributed by atoms with Gasteiger partial charge in [-0.15, -0.1) is 0 Å². The van der Waals surface area contributed by atoms with E-state index in [0.29, 0.717) is 17.9 Å². The SMILES string of the molecule is N#Cc1ccc(OCc2ccsc2)cc1O[C@H](C(=O)O)c1ccccc1Cl. The number of rotatable bonds is 7. The van der Waals surface area contributed by atoms with Crippen molar-refractivity contribution in [3.8, 4) is 17.6 Å². The second-order valence-electron chi connectivity index (χ2n) is 5.55. The highest BCUT2D eigenvalue weighted by Gasteiger charge is 2.25. The van der Waals surface area contributed by atoms with E-state index < -0.39 is 12.1 Å². The maximum absolute atomic E-state index is 11.7. The zero-order valence-electron chi connectivity index (χ0n) is 14.0. The number of ether oxygens (including phenoxy) is 2. The number of hydrogen-bond acceptors (Lipinski definition) is 5. The largest absolute Gasteiger partial charge is 0.489 e. The van der Waals surface area contributed by atoms with Crippen molar-refractivity contribution in [2.75, 3.05) is 0 Å². The maximum Gasteiger partial charge on any atom is 0.349 e. The topological polar surface area (TPSA) is 79.5 Å². The number of hydrogen-bond donors (Lipinski definition) is 1. The molecule has 0 bridgehead atoms. The zero-order valence-corrected chi connectivity index (χ0v) is 15.5. The standard InChI is InChI=1S/C20H14ClNO4S/c21-17-4-2-1-3-16(17)19(20(23)24)26-18-9-15(6-5-14(18)10-22)25-11-13-7-8-27-12-13/h1-9,12,19H,11H2,(H,23,24)/t19-/m0/s1. The number of carboxylic acids is 1. The van der Waals surface area contributed by atoms with Crippen molar-refractivity contribution in [2.45, 2.75) is 12.7 Å². The first-order valence-corrected chi connectivity index (χ1v) is 9.22. The molecule has 0 saturated carbocycles. The molecule has 1 heterocycles. The second-order valence-corrected chi connectivity index (χ2v) is 6.73. The highest BCUT2D eigenvalue weighted by molar-refractivity contribution is 7.07. The van der Waals surface area contributed by atoms with Crippen molar-refractivity contribution in [2.24, 2.45) is 0 Å². The van der Waals surface area contributed by atoms with Crippen molar-refractivity contribution in [1.29, 1.82) is 5.26 Å². The molecule has 7 heteroatoms. The summed E-state index contributed by atoms with van der Waals surface area (Å²) in [5.41, 5.74) is 1.53. The minimum absolute atomic E-state index is 0.118. The molecular formula is C20H14ClNO4S. The maximum atomic E-state index is 11.7. The van der Waals surface area contributed by atoms with Crippen LogP contribution in [0.5, 0.6) is 11.5 Å². The summed E-state index contributed by atoms with van der Waals surface area (Å²) >= 11 is 7.68. The van der Waals surface area contributed by atoms with Crippen LogP contribution < -0.4 is 9.47 Å². The Labute approximate surface area is 165 Å². The van der Waals surface area contributed by atoms with Gasteiger partial charge in [0.25, 0.3) is 0 Å². The minimum atomic E-state index is -1.35. The van der Waals surface area contributed by atoms with Crippen molar-refractivity contribution < 1.29 is 19.4 Å². The normalized spacial score (nSPS) is 11.4. The molecule has 3 aromatic rings. The summed E-state index contributed by atoms with van der Waals surface area (Å²) in [7, 11) is 0. The first-order chi connectivity index (χ1) is 13.1. The quantitative estimate of drug-likeness (QED) is 0.600. The van der Waals surface area contributed by atoms with Crippen molar-refractivity contribution in [3.05, 3.63) is 81.0 Å². The van der Waals surface area contributed by atoms with E-state index in [1.807, 2.05) is 22.9 Å². The summed E-state index contributed by atoms with van der Waals surface area (Å²) in [5.74, 6) is -0.622. The lowest BCUT2D eigenvalue weighted by atomic mass is 10.1. The molecule has 0 aliphatic rings. The van der Waals surface area contributed by atoms with Crippen LogP contribution in [0.3, 0.4) is 0 Å². The van der Waals surface area contributed by atoms with Gasteiger partial charge in [0.15, 0.2) is 0 Å². The molecule has 0 saturated heterocycles. The predicted octanol–water partition coefficient (Wildman–Crippen LogP) is 5.06. The lowest BCUT2D eigenvalue weighted by Gasteiger charge is -2.18. The number of carbonyl (C=O) groups is 1. The summed E-state index contributed by atoms with van der Waals surface area (Å²) < 4.78 is 11.4. The van der Waals surface area contributed by atoms with E-state index in [4.69, 9.17) is 21.1 Å². The zero-order chi connectivity index (χ0) is 19.2. The van der Waals surface area contributed by atoms with Crippen LogP contribution in [0.1, 0.15) is 22.8 Å². The minimum Gasteiger partial charge on any atom is -0.489 e. The molecule has 1 atom stereocenters. The number of aliphatic carboxylic acids is 1. The molecule has 2 aromatic carbocycles. The van der Waals surface area contributed by atoms with Crippen LogP contribution >= 0.6 is 22.9 Å². The summed E-state index contributed by atoms with van der Waals surface area (Å²) in [6.07, 6.45) is -1.35. The molecule has 1 aromatic heterocycles. The van der Waals surface area contributed by atoms with E-state index in [-0.39, 0.29) is 16.3 Å². The smallest absolute Gasteiger partial charge is 0.349 e. The third kappa shape index (κ3) is 4.59. The van der Waals surface area contributed by atoms with Gasteiger partial charge in [0.05, 0.1) is 5.56 Å². The van der Waals surface area contributed by atoms with Crippen LogP contribution in [0.15, 0.2) is 59.3 Å². The van der Waals surface area contributed by atoms with E-state index in [2.05, 4.69) is 0 Å². The number of carboxylic acid groups (broad SMARTS) is 1. The van der Waals surface area contributed by atoms with Gasteiger partial charge in [-0.1, -0.05) is 29.8 Å². The summed E-state index contributed by atoms with van der Waals surface area (Å²) in [5, 5.41) is 23.1. The van der Waals surface area contributed by atoms with Crippen molar-refractivity contribution in [1.82, 2.24) is 0 Å². The van der Waals surface area contributed by atoms with Crippen LogP contribution in [0, 0.1) is 11.3 Å². The van der Waals surface area contributed by atoms with Gasteiger partial charge >= 0.3 is 5.97 Å². The Balaban J connectivity index is 1.87. The number of benzene rings is 2. The molecule has 1 N–H and O–H groups in total. The molecule has 3 rings (SSSR count). The molecular weight excluding hydrogens is 386 g/mol. The number of nitriles is 1. The Hall–Kier alpha value is -3.01. The van der Waals surface area contributed by atoms with Gasteiger partial charge in [0.2, 0.25) is 6.10 Å². The molecule has 0 spiro atoms. The monoisotopic (exact) mass is 399 g/mol. The van der Waals surface area contributed by atoms with E-state index >= 15 is 0 Å². The highest BCUT2D eigenvalue weighted by Crippen LogP contribution is 2.32. The van der Waals surface area contributed by atoms with Gasteiger partial charge in [0, 0.05) is 16.7 Å². The molecule has 0 aliphatic heterocycles. The molecule has 0 amide bonds. The Bertz CT molecular complexity index is 982. The summed E-state index contributed by atoms with van der Waals surface area (Å²) in [6, 6.07) is 15.2. The van der Waals surface area contributed by atoms with Crippen LogP contribution in [0.4, 0.5) is 0 Å². The average molecular weight is 400 g/mol. The Morgan fingerprint density at radius 1 is 1.26 bits per heavy atom.